The fourth-order valence-electron chi connectivity index (χ4n) is 2.84. The van der Waals surface area contributed by atoms with E-state index in [1.54, 1.807) is 24.3 Å². The van der Waals surface area contributed by atoms with Gasteiger partial charge in [0.2, 0.25) is 0 Å². The molecule has 1 amide bonds. The van der Waals surface area contributed by atoms with Crippen LogP contribution in [0.25, 0.3) is 10.8 Å². The number of rotatable bonds is 8. The van der Waals surface area contributed by atoms with E-state index in [4.69, 9.17) is 9.47 Å². The van der Waals surface area contributed by atoms with Gasteiger partial charge in [0.25, 0.3) is 5.91 Å². The van der Waals surface area contributed by atoms with Crippen molar-refractivity contribution in [2.75, 3.05) is 13.2 Å². The fraction of sp³-hybridized carbons (Fsp3) is 0.130. The molecule has 0 bridgehead atoms. The van der Waals surface area contributed by atoms with E-state index >= 15 is 0 Å². The third-order valence-corrected chi connectivity index (χ3v) is 4.97. The van der Waals surface area contributed by atoms with Gasteiger partial charge in [0.1, 0.15) is 12.4 Å². The second-order valence-corrected chi connectivity index (χ2v) is 7.44. The number of halogens is 1. The van der Waals surface area contributed by atoms with Gasteiger partial charge in [-0.25, -0.2) is 5.43 Å². The lowest BCUT2D eigenvalue weighted by Gasteiger charge is -2.13. The van der Waals surface area contributed by atoms with E-state index in [1.807, 2.05) is 37.3 Å². The fourth-order valence-corrected chi connectivity index (χ4v) is 3.62. The number of phenolic OH excluding ortho intramolecular Hbond substituents is 1. The Morgan fingerprint density at radius 1 is 1.20 bits per heavy atom. The van der Waals surface area contributed by atoms with Gasteiger partial charge >= 0.3 is 0 Å². The molecule has 3 rings (SSSR count). The topological polar surface area (TPSA) is 80.2 Å². The molecule has 3 aromatic rings. The first kappa shape index (κ1) is 21.6. The number of hydrogen-bond donors (Lipinski definition) is 2. The highest BCUT2D eigenvalue weighted by Gasteiger charge is 2.13. The molecule has 6 nitrogen and oxygen atoms in total. The molecule has 0 saturated carbocycles. The average Bonchev–Trinajstić information content (AvgIpc) is 2.73. The van der Waals surface area contributed by atoms with E-state index in [9.17, 15) is 9.90 Å². The maximum Gasteiger partial charge on any atom is 0.275 e. The molecule has 0 unspecified atom stereocenters. The Morgan fingerprint density at radius 2 is 1.93 bits per heavy atom. The highest BCUT2D eigenvalue weighted by molar-refractivity contribution is 14.1. The number of hydrazone groups is 1. The predicted octanol–water partition coefficient (Wildman–Crippen LogP) is 4.88. The lowest BCUT2D eigenvalue weighted by molar-refractivity contribution is 0.0952. The summed E-state index contributed by atoms with van der Waals surface area (Å²) in [4.78, 5) is 12.5. The number of phenols is 1. The molecule has 0 radical (unpaired) electrons. The normalized spacial score (nSPS) is 10.9. The van der Waals surface area contributed by atoms with Crippen LogP contribution in [0.15, 0.2) is 66.3 Å². The van der Waals surface area contributed by atoms with Crippen molar-refractivity contribution in [3.63, 3.8) is 0 Å². The summed E-state index contributed by atoms with van der Waals surface area (Å²) >= 11 is 2.16. The van der Waals surface area contributed by atoms with Gasteiger partial charge in [-0.3, -0.25) is 4.79 Å². The molecule has 0 saturated heterocycles. The van der Waals surface area contributed by atoms with Crippen molar-refractivity contribution in [3.8, 4) is 17.2 Å². The number of carbonyl (C=O) groups is 1. The number of amides is 1. The average molecular weight is 516 g/mol. The summed E-state index contributed by atoms with van der Waals surface area (Å²) in [5.41, 5.74) is 3.34. The quantitative estimate of drug-likeness (QED) is 0.194. The van der Waals surface area contributed by atoms with Crippen LogP contribution in [0.1, 0.15) is 22.8 Å². The van der Waals surface area contributed by atoms with Gasteiger partial charge in [-0.2, -0.15) is 5.10 Å². The number of nitrogens with one attached hydrogen (secondary N) is 1. The molecule has 0 spiro atoms. The molecule has 0 atom stereocenters. The summed E-state index contributed by atoms with van der Waals surface area (Å²) in [5.74, 6) is 0.629. The summed E-state index contributed by atoms with van der Waals surface area (Å²) in [6.07, 6.45) is 3.18. The van der Waals surface area contributed by atoms with Crippen LogP contribution in [-0.2, 0) is 0 Å². The maximum absolute atomic E-state index is 12.5. The largest absolute Gasteiger partial charge is 0.507 e. The molecule has 0 aliphatic carbocycles. The lowest BCUT2D eigenvalue weighted by Crippen LogP contribution is -2.17. The summed E-state index contributed by atoms with van der Waals surface area (Å²) in [7, 11) is 0. The maximum atomic E-state index is 12.5. The van der Waals surface area contributed by atoms with Gasteiger partial charge in [-0.1, -0.05) is 36.9 Å². The van der Waals surface area contributed by atoms with E-state index in [0.717, 1.165) is 19.9 Å². The number of hydrogen-bond acceptors (Lipinski definition) is 5. The van der Waals surface area contributed by atoms with E-state index < -0.39 is 5.91 Å². The van der Waals surface area contributed by atoms with Gasteiger partial charge in [-0.15, -0.1) is 0 Å². The summed E-state index contributed by atoms with van der Waals surface area (Å²) in [6.45, 7) is 6.40. The highest BCUT2D eigenvalue weighted by atomic mass is 127. The smallest absolute Gasteiger partial charge is 0.275 e. The molecular formula is C23H21IN2O4. The molecular weight excluding hydrogens is 495 g/mol. The number of benzene rings is 3. The second kappa shape index (κ2) is 10.1. The zero-order chi connectivity index (χ0) is 21.5. The molecule has 30 heavy (non-hydrogen) atoms. The van der Waals surface area contributed by atoms with Crippen LogP contribution in [0, 0.1) is 3.57 Å². The van der Waals surface area contributed by atoms with Crippen molar-refractivity contribution < 1.29 is 19.4 Å². The minimum absolute atomic E-state index is 0.0988. The summed E-state index contributed by atoms with van der Waals surface area (Å²) in [5, 5.41) is 15.9. The van der Waals surface area contributed by atoms with Crippen molar-refractivity contribution in [1.29, 1.82) is 0 Å². The number of carbonyl (C=O) groups excluding carboxylic acids is 1. The molecule has 3 aromatic carbocycles. The molecule has 154 valence electrons. The number of ether oxygens (including phenoxy) is 2. The Morgan fingerprint density at radius 3 is 2.63 bits per heavy atom. The van der Waals surface area contributed by atoms with Crippen molar-refractivity contribution in [1.82, 2.24) is 5.43 Å². The van der Waals surface area contributed by atoms with Crippen LogP contribution in [0.4, 0.5) is 0 Å². The molecule has 0 aliphatic heterocycles. The summed E-state index contributed by atoms with van der Waals surface area (Å²) < 4.78 is 12.2. The van der Waals surface area contributed by atoms with E-state index in [2.05, 4.69) is 39.7 Å². The van der Waals surface area contributed by atoms with Gasteiger partial charge in [-0.05, 0) is 70.1 Å². The van der Waals surface area contributed by atoms with Crippen molar-refractivity contribution in [2.24, 2.45) is 5.10 Å². The molecule has 0 heterocycles. The molecule has 7 heteroatoms. The summed E-state index contributed by atoms with van der Waals surface area (Å²) in [6, 6.07) is 14.3. The first-order valence-electron chi connectivity index (χ1n) is 9.28. The van der Waals surface area contributed by atoms with Crippen LogP contribution in [0.3, 0.4) is 0 Å². The third kappa shape index (κ3) is 5.10. The number of nitrogens with zero attached hydrogens (tertiary/aromatic N) is 1. The van der Waals surface area contributed by atoms with E-state index in [1.165, 1.54) is 6.21 Å². The number of fused-ring (bicyclic) bond motifs is 1. The Labute approximate surface area is 188 Å². The Balaban J connectivity index is 1.78. The first-order valence-corrected chi connectivity index (χ1v) is 10.4. The standard InChI is InChI=1S/C23H21IN2O4/c1-3-9-30-22-19(24)10-15(11-21(22)29-4-2)14-25-26-23(28)18-12-16-7-5-6-8-17(16)13-20(18)27/h3,5-8,10-14,27H,1,4,9H2,2H3,(H,26,28). The lowest BCUT2D eigenvalue weighted by atomic mass is 10.1. The molecule has 2 N–H and O–H groups in total. The van der Waals surface area contributed by atoms with Gasteiger partial charge in [0.05, 0.1) is 22.0 Å². The third-order valence-electron chi connectivity index (χ3n) is 4.17. The highest BCUT2D eigenvalue weighted by Crippen LogP contribution is 2.34. The number of aromatic hydroxyl groups is 1. The van der Waals surface area contributed by atoms with Gasteiger partial charge in [0, 0.05) is 0 Å². The minimum atomic E-state index is -0.500. The zero-order valence-electron chi connectivity index (χ0n) is 16.4. The molecule has 0 aliphatic rings. The van der Waals surface area contributed by atoms with Crippen LogP contribution in [0.5, 0.6) is 17.2 Å². The van der Waals surface area contributed by atoms with Gasteiger partial charge < -0.3 is 14.6 Å². The van der Waals surface area contributed by atoms with Crippen molar-refractivity contribution in [2.45, 2.75) is 6.92 Å². The van der Waals surface area contributed by atoms with Crippen molar-refractivity contribution >= 4 is 45.5 Å². The Kier molecular flexibility index (Phi) is 7.29. The Hall–Kier alpha value is -3.07. The van der Waals surface area contributed by atoms with Crippen LogP contribution < -0.4 is 14.9 Å². The molecule has 0 aromatic heterocycles. The minimum Gasteiger partial charge on any atom is -0.507 e. The zero-order valence-corrected chi connectivity index (χ0v) is 18.5. The van der Waals surface area contributed by atoms with Crippen LogP contribution >= 0.6 is 22.6 Å². The SMILES string of the molecule is C=CCOc1c(I)cc(C=NNC(=O)c2cc3ccccc3cc2O)cc1OCC. The van der Waals surface area contributed by atoms with E-state index in [-0.39, 0.29) is 11.3 Å². The Bertz CT molecular complexity index is 1110. The van der Waals surface area contributed by atoms with E-state index in [0.29, 0.717) is 24.7 Å². The monoisotopic (exact) mass is 516 g/mol. The van der Waals surface area contributed by atoms with Crippen LogP contribution in [-0.4, -0.2) is 30.4 Å². The predicted molar refractivity (Wildman–Crippen MR) is 127 cm³/mol. The first-order chi connectivity index (χ1) is 14.5. The molecule has 0 fully saturated rings. The second-order valence-electron chi connectivity index (χ2n) is 6.28. The van der Waals surface area contributed by atoms with Crippen molar-refractivity contribution in [3.05, 3.63) is 75.9 Å². The van der Waals surface area contributed by atoms with Crippen LogP contribution in [0.2, 0.25) is 0 Å². The van der Waals surface area contributed by atoms with Gasteiger partial charge in [0.15, 0.2) is 11.5 Å².